The highest BCUT2D eigenvalue weighted by molar-refractivity contribution is 5.73. The maximum absolute atomic E-state index is 8.79. The zero-order valence-electron chi connectivity index (χ0n) is 10.9. The third kappa shape index (κ3) is 2.20. The molecule has 1 atom stereocenters. The number of fused-ring (bicyclic) bond motifs is 1. The van der Waals surface area contributed by atoms with Gasteiger partial charge in [0, 0.05) is 12.0 Å². The molecule has 0 spiro atoms. The van der Waals surface area contributed by atoms with Crippen LogP contribution in [0.25, 0.3) is 11.1 Å². The Morgan fingerprint density at radius 2 is 2.00 bits per heavy atom. The van der Waals surface area contributed by atoms with Gasteiger partial charge in [-0.15, -0.1) is 0 Å². The molecule has 94 valence electrons. The Kier molecular flexibility index (Phi) is 2.97. The molecular weight excluding hydrogens is 234 g/mol. The van der Waals surface area contributed by atoms with Crippen LogP contribution in [0.3, 0.4) is 0 Å². The molecule has 2 nitrogen and oxygen atoms in total. The first-order chi connectivity index (χ1) is 9.28. The van der Waals surface area contributed by atoms with Crippen LogP contribution >= 0.6 is 0 Å². The van der Waals surface area contributed by atoms with Gasteiger partial charge in [0.25, 0.3) is 0 Å². The van der Waals surface area contributed by atoms with Gasteiger partial charge in [-0.25, -0.2) is 0 Å². The minimum Gasteiger partial charge on any atom is -0.488 e. The second-order valence-electron chi connectivity index (χ2n) is 4.97. The molecule has 0 bridgehead atoms. The topological polar surface area (TPSA) is 33.0 Å². The molecule has 2 aromatic rings. The Morgan fingerprint density at radius 1 is 1.21 bits per heavy atom. The maximum atomic E-state index is 8.79. The fourth-order valence-corrected chi connectivity index (χ4v) is 2.51. The molecule has 1 unspecified atom stereocenters. The van der Waals surface area contributed by atoms with Crippen molar-refractivity contribution in [2.24, 2.45) is 0 Å². The minimum absolute atomic E-state index is 0.00611. The Labute approximate surface area is 113 Å². The number of nitrogens with zero attached hydrogens (tertiary/aromatic N) is 1. The normalized spacial score (nSPS) is 16.5. The number of hydrogen-bond donors (Lipinski definition) is 0. The molecule has 19 heavy (non-hydrogen) atoms. The minimum atomic E-state index is 0.00611. The first kappa shape index (κ1) is 11.8. The maximum Gasteiger partial charge on any atom is 0.130 e. The van der Waals surface area contributed by atoms with E-state index in [1.807, 2.05) is 0 Å². The van der Waals surface area contributed by atoms with E-state index in [1.54, 1.807) is 0 Å². The summed E-state index contributed by atoms with van der Waals surface area (Å²) in [5, 5.41) is 8.79. The van der Waals surface area contributed by atoms with Crippen LogP contribution in [0.4, 0.5) is 0 Å². The first-order valence-electron chi connectivity index (χ1n) is 6.50. The van der Waals surface area contributed by atoms with Crippen molar-refractivity contribution in [2.45, 2.75) is 25.9 Å². The van der Waals surface area contributed by atoms with E-state index in [9.17, 15) is 0 Å². The van der Waals surface area contributed by atoms with Crippen molar-refractivity contribution in [2.75, 3.05) is 0 Å². The predicted octanol–water partition coefficient (Wildman–Crippen LogP) is 3.88. The lowest BCUT2D eigenvalue weighted by molar-refractivity contribution is 0.239. The van der Waals surface area contributed by atoms with Crippen LogP contribution in [0.15, 0.2) is 42.5 Å². The molecule has 0 aliphatic carbocycles. The monoisotopic (exact) mass is 249 g/mol. The molecule has 1 aliphatic rings. The van der Waals surface area contributed by atoms with Crippen LogP contribution in [-0.4, -0.2) is 6.10 Å². The zero-order valence-corrected chi connectivity index (χ0v) is 10.9. The number of ether oxygens (including phenoxy) is 1. The number of aryl methyl sites for hydroxylation is 1. The van der Waals surface area contributed by atoms with Gasteiger partial charge >= 0.3 is 0 Å². The highest BCUT2D eigenvalue weighted by atomic mass is 16.5. The third-order valence-corrected chi connectivity index (χ3v) is 3.51. The Bertz CT molecular complexity index is 637. The van der Waals surface area contributed by atoms with Crippen molar-refractivity contribution in [3.63, 3.8) is 0 Å². The molecule has 0 aromatic heterocycles. The lowest BCUT2D eigenvalue weighted by atomic mass is 9.99. The summed E-state index contributed by atoms with van der Waals surface area (Å²) in [4.78, 5) is 0. The summed E-state index contributed by atoms with van der Waals surface area (Å²) in [6, 6.07) is 16.9. The smallest absolute Gasteiger partial charge is 0.130 e. The molecule has 1 aliphatic heterocycles. The van der Waals surface area contributed by atoms with Gasteiger partial charge in [0.15, 0.2) is 0 Å². The van der Waals surface area contributed by atoms with Crippen molar-refractivity contribution in [3.8, 4) is 22.9 Å². The van der Waals surface area contributed by atoms with Crippen LogP contribution in [0.5, 0.6) is 5.75 Å². The summed E-state index contributed by atoms with van der Waals surface area (Å²) >= 11 is 0. The molecule has 2 aromatic carbocycles. The number of para-hydroxylation sites is 1. The molecule has 0 radical (unpaired) electrons. The average molecular weight is 249 g/mol. The van der Waals surface area contributed by atoms with Crippen molar-refractivity contribution < 1.29 is 4.74 Å². The van der Waals surface area contributed by atoms with Gasteiger partial charge in [-0.3, -0.25) is 0 Å². The number of nitriles is 1. The van der Waals surface area contributed by atoms with E-state index >= 15 is 0 Å². The Morgan fingerprint density at radius 3 is 2.74 bits per heavy atom. The molecule has 0 fully saturated rings. The summed E-state index contributed by atoms with van der Waals surface area (Å²) in [5.41, 5.74) is 4.75. The van der Waals surface area contributed by atoms with Crippen LogP contribution in [0.2, 0.25) is 0 Å². The Balaban J connectivity index is 2.00. The fourth-order valence-electron chi connectivity index (χ4n) is 2.51. The van der Waals surface area contributed by atoms with E-state index in [-0.39, 0.29) is 6.10 Å². The van der Waals surface area contributed by atoms with Crippen LogP contribution < -0.4 is 4.74 Å². The van der Waals surface area contributed by atoms with Crippen LogP contribution in [0, 0.1) is 18.3 Å². The van der Waals surface area contributed by atoms with E-state index in [2.05, 4.69) is 55.5 Å². The summed E-state index contributed by atoms with van der Waals surface area (Å²) in [7, 11) is 0. The van der Waals surface area contributed by atoms with Gasteiger partial charge in [-0.1, -0.05) is 48.0 Å². The van der Waals surface area contributed by atoms with Crippen LogP contribution in [0.1, 0.15) is 17.5 Å². The van der Waals surface area contributed by atoms with Crippen molar-refractivity contribution in [3.05, 3.63) is 53.6 Å². The zero-order chi connectivity index (χ0) is 13.2. The van der Waals surface area contributed by atoms with E-state index in [0.717, 1.165) is 17.7 Å². The standard InChI is InChI=1S/C17H15NO/c1-12-5-7-13(8-6-12)16-4-2-3-14-11-15(9-10-18)19-17(14)16/h2-8,15H,9,11H2,1H3. The SMILES string of the molecule is Cc1ccc(-c2cccc3c2OC(CC#N)C3)cc1. The van der Waals surface area contributed by atoms with E-state index < -0.39 is 0 Å². The van der Waals surface area contributed by atoms with E-state index in [0.29, 0.717) is 6.42 Å². The highest BCUT2D eigenvalue weighted by Gasteiger charge is 2.25. The lowest BCUT2D eigenvalue weighted by Gasteiger charge is -2.10. The van der Waals surface area contributed by atoms with Crippen molar-refractivity contribution in [1.29, 1.82) is 5.26 Å². The largest absolute Gasteiger partial charge is 0.488 e. The van der Waals surface area contributed by atoms with Gasteiger partial charge in [-0.05, 0) is 18.1 Å². The van der Waals surface area contributed by atoms with Gasteiger partial charge in [0.05, 0.1) is 12.5 Å². The van der Waals surface area contributed by atoms with E-state index in [1.165, 1.54) is 16.7 Å². The average Bonchev–Trinajstić information content (AvgIpc) is 2.82. The van der Waals surface area contributed by atoms with Crippen molar-refractivity contribution >= 4 is 0 Å². The van der Waals surface area contributed by atoms with Gasteiger partial charge in [0.2, 0.25) is 0 Å². The molecule has 2 heteroatoms. The summed E-state index contributed by atoms with van der Waals surface area (Å²) < 4.78 is 5.94. The molecule has 0 amide bonds. The second kappa shape index (κ2) is 4.78. The second-order valence-corrected chi connectivity index (χ2v) is 4.97. The first-order valence-corrected chi connectivity index (χ1v) is 6.50. The third-order valence-electron chi connectivity index (χ3n) is 3.51. The molecule has 0 N–H and O–H groups in total. The van der Waals surface area contributed by atoms with Crippen LogP contribution in [-0.2, 0) is 6.42 Å². The molecule has 1 heterocycles. The van der Waals surface area contributed by atoms with Gasteiger partial charge in [0.1, 0.15) is 11.9 Å². The molecule has 3 rings (SSSR count). The van der Waals surface area contributed by atoms with Gasteiger partial charge < -0.3 is 4.74 Å². The highest BCUT2D eigenvalue weighted by Crippen LogP contribution is 2.39. The molecule has 0 saturated carbocycles. The summed E-state index contributed by atoms with van der Waals surface area (Å²) in [6.45, 7) is 2.08. The molecule has 0 saturated heterocycles. The quantitative estimate of drug-likeness (QED) is 0.809. The van der Waals surface area contributed by atoms with E-state index in [4.69, 9.17) is 10.00 Å². The number of hydrogen-bond acceptors (Lipinski definition) is 2. The predicted molar refractivity (Wildman–Crippen MR) is 75.0 cm³/mol. The van der Waals surface area contributed by atoms with Gasteiger partial charge in [-0.2, -0.15) is 5.26 Å². The summed E-state index contributed by atoms with van der Waals surface area (Å²) in [6.07, 6.45) is 1.29. The molecular formula is C17H15NO. The summed E-state index contributed by atoms with van der Waals surface area (Å²) in [5.74, 6) is 0.951. The van der Waals surface area contributed by atoms with Crippen molar-refractivity contribution in [1.82, 2.24) is 0 Å². The number of benzene rings is 2. The lowest BCUT2D eigenvalue weighted by Crippen LogP contribution is -2.11. The number of rotatable bonds is 2. The Hall–Kier alpha value is -2.27. The fraction of sp³-hybridized carbons (Fsp3) is 0.235.